The Morgan fingerprint density at radius 2 is 1.90 bits per heavy atom. The van der Waals surface area contributed by atoms with E-state index < -0.39 is 0 Å². The maximum Gasteiger partial charge on any atom is 0.245 e. The molecule has 1 saturated heterocycles. The Morgan fingerprint density at radius 3 is 2.48 bits per heavy atom. The number of nitrogens with zero attached hydrogens (tertiary/aromatic N) is 4. The summed E-state index contributed by atoms with van der Waals surface area (Å²) in [5, 5.41) is 8.82. The number of rotatable bonds is 4. The van der Waals surface area contributed by atoms with E-state index in [0.717, 1.165) is 31.7 Å². The zero-order chi connectivity index (χ0) is 15.2. The molecule has 1 amide bonds. The number of nitriles is 1. The van der Waals surface area contributed by atoms with E-state index in [1.54, 1.807) is 7.05 Å². The molecular weight excluding hydrogens is 264 g/mol. The number of carbonyl (C=O) groups is 1. The molecule has 5 heteroatoms. The quantitative estimate of drug-likeness (QED) is 0.774. The summed E-state index contributed by atoms with van der Waals surface area (Å²) in [6, 6.07) is 11.6. The molecule has 0 aliphatic carbocycles. The predicted molar refractivity (Wildman–Crippen MR) is 81.5 cm³/mol. The Bertz CT molecular complexity index is 503. The first kappa shape index (κ1) is 15.5. The zero-order valence-corrected chi connectivity index (χ0v) is 12.7. The maximum absolute atomic E-state index is 12.7. The molecule has 0 spiro atoms. The Kier molecular flexibility index (Phi) is 5.32. The van der Waals surface area contributed by atoms with E-state index in [4.69, 9.17) is 5.26 Å². The summed E-state index contributed by atoms with van der Waals surface area (Å²) in [6.45, 7) is 3.76. The number of hydrogen-bond acceptors (Lipinski definition) is 4. The van der Waals surface area contributed by atoms with Crippen molar-refractivity contribution in [2.75, 3.05) is 46.8 Å². The van der Waals surface area contributed by atoms with Gasteiger partial charge in [-0.15, -0.1) is 0 Å². The molecule has 0 aromatic heterocycles. The molecule has 2 rings (SSSR count). The highest BCUT2D eigenvalue weighted by molar-refractivity contribution is 5.83. The van der Waals surface area contributed by atoms with Gasteiger partial charge in [0.05, 0.1) is 6.07 Å². The molecule has 1 unspecified atom stereocenters. The lowest BCUT2D eigenvalue weighted by atomic mass is 10.0. The fourth-order valence-corrected chi connectivity index (χ4v) is 2.62. The van der Waals surface area contributed by atoms with Gasteiger partial charge in [-0.2, -0.15) is 5.26 Å². The van der Waals surface area contributed by atoms with Gasteiger partial charge in [-0.3, -0.25) is 9.69 Å². The van der Waals surface area contributed by atoms with Crippen molar-refractivity contribution in [2.45, 2.75) is 6.04 Å². The molecule has 21 heavy (non-hydrogen) atoms. The van der Waals surface area contributed by atoms with E-state index in [1.807, 2.05) is 36.4 Å². The van der Waals surface area contributed by atoms with E-state index in [-0.39, 0.29) is 18.5 Å². The van der Waals surface area contributed by atoms with Crippen LogP contribution in [-0.2, 0) is 4.79 Å². The van der Waals surface area contributed by atoms with Crippen LogP contribution in [0.1, 0.15) is 11.6 Å². The van der Waals surface area contributed by atoms with E-state index in [2.05, 4.69) is 16.8 Å². The van der Waals surface area contributed by atoms with Gasteiger partial charge in [0.15, 0.2) is 0 Å². The summed E-state index contributed by atoms with van der Waals surface area (Å²) < 4.78 is 0. The standard InChI is InChI=1S/C16H22N4O/c1-18-10-12-20(13-11-18)15(14-6-4-3-5-7-14)16(21)19(2)9-8-17/h3-7,15H,9-13H2,1-2H3. The number of amides is 1. The lowest BCUT2D eigenvalue weighted by Gasteiger charge is -2.38. The van der Waals surface area contributed by atoms with Crippen LogP contribution in [-0.4, -0.2) is 67.4 Å². The van der Waals surface area contributed by atoms with Gasteiger partial charge in [0.2, 0.25) is 5.91 Å². The molecule has 1 aromatic carbocycles. The third-order valence-electron chi connectivity index (χ3n) is 3.94. The summed E-state index contributed by atoms with van der Waals surface area (Å²) in [4.78, 5) is 18.7. The van der Waals surface area contributed by atoms with E-state index in [0.29, 0.717) is 0 Å². The van der Waals surface area contributed by atoms with Gasteiger partial charge in [-0.1, -0.05) is 30.3 Å². The van der Waals surface area contributed by atoms with Gasteiger partial charge in [0, 0.05) is 33.2 Å². The van der Waals surface area contributed by atoms with Crippen LogP contribution in [0.5, 0.6) is 0 Å². The number of piperazine rings is 1. The highest BCUT2D eigenvalue weighted by Crippen LogP contribution is 2.24. The molecule has 1 fully saturated rings. The minimum atomic E-state index is -0.293. The first-order chi connectivity index (χ1) is 10.1. The zero-order valence-electron chi connectivity index (χ0n) is 12.7. The van der Waals surface area contributed by atoms with Crippen molar-refractivity contribution in [3.63, 3.8) is 0 Å². The first-order valence-electron chi connectivity index (χ1n) is 7.23. The second-order valence-corrected chi connectivity index (χ2v) is 5.50. The Balaban J connectivity index is 2.23. The van der Waals surface area contributed by atoms with Gasteiger partial charge >= 0.3 is 0 Å². The molecule has 1 aromatic rings. The average molecular weight is 286 g/mol. The van der Waals surface area contributed by atoms with Crippen LogP contribution in [0, 0.1) is 11.3 Å². The molecule has 0 saturated carbocycles. The molecule has 0 N–H and O–H groups in total. The molecule has 0 bridgehead atoms. The molecule has 1 aliphatic heterocycles. The van der Waals surface area contributed by atoms with Crippen molar-refractivity contribution >= 4 is 5.91 Å². The summed E-state index contributed by atoms with van der Waals surface area (Å²) in [5.41, 5.74) is 0.997. The highest BCUT2D eigenvalue weighted by atomic mass is 16.2. The largest absolute Gasteiger partial charge is 0.331 e. The molecular formula is C16H22N4O. The summed E-state index contributed by atoms with van der Waals surface area (Å²) >= 11 is 0. The Hall–Kier alpha value is -1.90. The van der Waals surface area contributed by atoms with Crippen molar-refractivity contribution in [3.8, 4) is 6.07 Å². The van der Waals surface area contributed by atoms with E-state index in [1.165, 1.54) is 4.90 Å². The lowest BCUT2D eigenvalue weighted by Crippen LogP contribution is -2.50. The van der Waals surface area contributed by atoms with Crippen molar-refractivity contribution in [1.82, 2.24) is 14.7 Å². The monoisotopic (exact) mass is 286 g/mol. The topological polar surface area (TPSA) is 50.6 Å². The van der Waals surface area contributed by atoms with Gasteiger partial charge in [0.1, 0.15) is 12.6 Å². The summed E-state index contributed by atoms with van der Waals surface area (Å²) in [7, 11) is 3.79. The van der Waals surface area contributed by atoms with Gasteiger partial charge in [-0.25, -0.2) is 0 Å². The molecule has 0 radical (unpaired) electrons. The van der Waals surface area contributed by atoms with Gasteiger partial charge in [0.25, 0.3) is 0 Å². The second kappa shape index (κ2) is 7.21. The minimum absolute atomic E-state index is 0.00713. The maximum atomic E-state index is 12.7. The lowest BCUT2D eigenvalue weighted by molar-refractivity contribution is -0.136. The smallest absolute Gasteiger partial charge is 0.245 e. The van der Waals surface area contributed by atoms with Crippen LogP contribution < -0.4 is 0 Å². The third-order valence-corrected chi connectivity index (χ3v) is 3.94. The number of likely N-dealkylation sites (N-methyl/N-ethyl adjacent to an activating group) is 2. The molecule has 5 nitrogen and oxygen atoms in total. The fraction of sp³-hybridized carbons (Fsp3) is 0.500. The van der Waals surface area contributed by atoms with Crippen molar-refractivity contribution in [2.24, 2.45) is 0 Å². The van der Waals surface area contributed by atoms with Gasteiger partial charge in [-0.05, 0) is 12.6 Å². The molecule has 1 aliphatic rings. The molecule has 1 heterocycles. The first-order valence-corrected chi connectivity index (χ1v) is 7.23. The number of carbonyl (C=O) groups excluding carboxylic acids is 1. The normalized spacial score (nSPS) is 18.0. The fourth-order valence-electron chi connectivity index (χ4n) is 2.62. The van der Waals surface area contributed by atoms with Crippen LogP contribution in [0.2, 0.25) is 0 Å². The molecule has 112 valence electrons. The Labute approximate surface area is 126 Å². The van der Waals surface area contributed by atoms with Crippen molar-refractivity contribution in [1.29, 1.82) is 5.26 Å². The molecule has 1 atom stereocenters. The average Bonchev–Trinajstić information content (AvgIpc) is 2.50. The van der Waals surface area contributed by atoms with Crippen molar-refractivity contribution in [3.05, 3.63) is 35.9 Å². The summed E-state index contributed by atoms with van der Waals surface area (Å²) in [5.74, 6) is -0.00713. The van der Waals surface area contributed by atoms with Gasteiger partial charge < -0.3 is 9.80 Å². The third kappa shape index (κ3) is 3.81. The minimum Gasteiger partial charge on any atom is -0.331 e. The number of benzene rings is 1. The van der Waals surface area contributed by atoms with Crippen molar-refractivity contribution < 1.29 is 4.79 Å². The predicted octanol–water partition coefficient (Wildman–Crippen LogP) is 0.957. The van der Waals surface area contributed by atoms with E-state index in [9.17, 15) is 4.79 Å². The summed E-state index contributed by atoms with van der Waals surface area (Å²) in [6.07, 6.45) is 0. The van der Waals surface area contributed by atoms with E-state index >= 15 is 0 Å². The SMILES string of the molecule is CN1CCN(C(C(=O)N(C)CC#N)c2ccccc2)CC1. The van der Waals surface area contributed by atoms with Crippen LogP contribution in [0.3, 0.4) is 0 Å². The van der Waals surface area contributed by atoms with Crippen LogP contribution in [0.15, 0.2) is 30.3 Å². The number of hydrogen-bond donors (Lipinski definition) is 0. The van der Waals surface area contributed by atoms with Crippen LogP contribution in [0.4, 0.5) is 0 Å². The van der Waals surface area contributed by atoms with Crippen LogP contribution >= 0.6 is 0 Å². The second-order valence-electron chi connectivity index (χ2n) is 5.50. The van der Waals surface area contributed by atoms with Crippen LogP contribution in [0.25, 0.3) is 0 Å². The Morgan fingerprint density at radius 1 is 1.29 bits per heavy atom. The highest BCUT2D eigenvalue weighted by Gasteiger charge is 2.31.